The predicted octanol–water partition coefficient (Wildman–Crippen LogP) is 5.67. The average Bonchev–Trinajstić information content (AvgIpc) is 3.03. The van der Waals surface area contributed by atoms with Crippen LogP contribution in [0.4, 0.5) is 4.79 Å². The van der Waals surface area contributed by atoms with E-state index in [4.69, 9.17) is 18.9 Å². The largest absolute Gasteiger partial charge is 0.496 e. The van der Waals surface area contributed by atoms with Gasteiger partial charge in [-0.3, -0.25) is 9.69 Å². The highest BCUT2D eigenvalue weighted by atomic mass is 16.6. The Kier molecular flexibility index (Phi) is 11.3. The van der Waals surface area contributed by atoms with Crippen molar-refractivity contribution >= 4 is 18.2 Å². The van der Waals surface area contributed by atoms with Crippen LogP contribution in [0, 0.1) is 0 Å². The molecule has 10 nitrogen and oxygen atoms in total. The monoisotopic (exact) mass is 636 g/mol. The number of ether oxygens (including phenoxy) is 4. The Hall–Kier alpha value is -3.76. The van der Waals surface area contributed by atoms with E-state index < -0.39 is 5.60 Å². The Bertz CT molecular complexity index is 1490. The molecule has 1 aromatic heterocycles. The number of aryl methyl sites for hydroxylation is 1. The van der Waals surface area contributed by atoms with Crippen molar-refractivity contribution in [2.75, 3.05) is 54.1 Å². The van der Waals surface area contributed by atoms with Crippen molar-refractivity contribution in [1.29, 1.82) is 0 Å². The number of rotatable bonds is 9. The predicted molar refractivity (Wildman–Crippen MR) is 183 cm³/mol. The van der Waals surface area contributed by atoms with Gasteiger partial charge in [-0.15, -0.1) is 0 Å². The van der Waals surface area contributed by atoms with E-state index in [1.807, 2.05) is 65.2 Å². The molecule has 0 atom stereocenters. The van der Waals surface area contributed by atoms with E-state index in [1.165, 1.54) is 0 Å². The van der Waals surface area contributed by atoms with Crippen molar-refractivity contribution in [3.05, 3.63) is 57.1 Å². The van der Waals surface area contributed by atoms with E-state index in [-0.39, 0.29) is 17.3 Å². The molecule has 2 aliphatic rings. The molecule has 1 spiro atoms. The Balaban J connectivity index is 1.61. The minimum Gasteiger partial charge on any atom is -0.496 e. The SMILES string of the molecule is CC/C=C/c1c(-c2cc(OC)c(CN3CCC4(CC3)CN(C(=O)OC(C)(C)C)CCO4)c(OC)c2)cn(C)c(=O)c1/C=C(\C)NC. The molecular formula is C36H52N4O6. The van der Waals surface area contributed by atoms with Crippen molar-refractivity contribution in [2.24, 2.45) is 7.05 Å². The van der Waals surface area contributed by atoms with Gasteiger partial charge in [0, 0.05) is 63.3 Å². The molecule has 46 heavy (non-hydrogen) atoms. The van der Waals surface area contributed by atoms with Gasteiger partial charge in [0.25, 0.3) is 5.56 Å². The fraction of sp³-hybridized carbons (Fsp3) is 0.556. The quantitative estimate of drug-likeness (QED) is 0.376. The maximum absolute atomic E-state index is 13.3. The van der Waals surface area contributed by atoms with Gasteiger partial charge in [0.15, 0.2) is 0 Å². The summed E-state index contributed by atoms with van der Waals surface area (Å²) >= 11 is 0. The maximum Gasteiger partial charge on any atom is 0.410 e. The van der Waals surface area contributed by atoms with Crippen LogP contribution in [0.5, 0.6) is 11.5 Å². The van der Waals surface area contributed by atoms with Crippen LogP contribution in [0.25, 0.3) is 23.3 Å². The minimum atomic E-state index is -0.532. The maximum atomic E-state index is 13.3. The van der Waals surface area contributed by atoms with Crippen molar-refractivity contribution in [2.45, 2.75) is 71.6 Å². The van der Waals surface area contributed by atoms with Crippen LogP contribution in [0.3, 0.4) is 0 Å². The van der Waals surface area contributed by atoms with Crippen LogP contribution in [0.15, 0.2) is 34.9 Å². The normalized spacial score (nSPS) is 17.4. The van der Waals surface area contributed by atoms with E-state index in [2.05, 4.69) is 23.2 Å². The Labute approximate surface area is 273 Å². The topological polar surface area (TPSA) is 94.5 Å². The van der Waals surface area contributed by atoms with Gasteiger partial charge in [0.1, 0.15) is 17.1 Å². The third kappa shape index (κ3) is 8.14. The molecule has 0 saturated carbocycles. The molecule has 1 aromatic carbocycles. The van der Waals surface area contributed by atoms with Crippen molar-refractivity contribution < 1.29 is 23.7 Å². The number of likely N-dealkylation sites (tertiary alicyclic amines) is 1. The molecule has 252 valence electrons. The van der Waals surface area contributed by atoms with Crippen molar-refractivity contribution in [1.82, 2.24) is 19.7 Å². The second-order valence-corrected chi connectivity index (χ2v) is 13.2. The van der Waals surface area contributed by atoms with E-state index in [9.17, 15) is 9.59 Å². The number of allylic oxidation sites excluding steroid dienone is 2. The lowest BCUT2D eigenvalue weighted by Crippen LogP contribution is -2.58. The summed E-state index contributed by atoms with van der Waals surface area (Å²) in [6.07, 6.45) is 10.1. The van der Waals surface area contributed by atoms with E-state index in [1.54, 1.807) is 30.7 Å². The van der Waals surface area contributed by atoms with Gasteiger partial charge in [-0.05, 0) is 76.3 Å². The number of hydrogen-bond donors (Lipinski definition) is 1. The number of piperidine rings is 1. The highest BCUT2D eigenvalue weighted by molar-refractivity contribution is 5.82. The zero-order valence-electron chi connectivity index (χ0n) is 29.1. The first-order chi connectivity index (χ1) is 21.8. The molecule has 2 aromatic rings. The molecular weight excluding hydrogens is 584 g/mol. The molecule has 1 N–H and O–H groups in total. The van der Waals surface area contributed by atoms with E-state index in [0.717, 1.165) is 71.8 Å². The second-order valence-electron chi connectivity index (χ2n) is 13.2. The molecule has 3 heterocycles. The zero-order valence-corrected chi connectivity index (χ0v) is 29.1. The Morgan fingerprint density at radius 2 is 1.74 bits per heavy atom. The fourth-order valence-electron chi connectivity index (χ4n) is 6.11. The molecule has 1 amide bonds. The van der Waals surface area contributed by atoms with Crippen LogP contribution >= 0.6 is 0 Å². The van der Waals surface area contributed by atoms with Crippen LogP contribution in [-0.2, 0) is 23.1 Å². The summed E-state index contributed by atoms with van der Waals surface area (Å²) in [7, 11) is 6.98. The number of nitrogens with one attached hydrogen (secondary N) is 1. The molecule has 2 saturated heterocycles. The lowest BCUT2D eigenvalue weighted by molar-refractivity contribution is -0.134. The van der Waals surface area contributed by atoms with Crippen LogP contribution in [-0.4, -0.2) is 85.7 Å². The van der Waals surface area contributed by atoms with Gasteiger partial charge in [0.05, 0.1) is 38.5 Å². The first-order valence-electron chi connectivity index (χ1n) is 16.2. The molecule has 0 radical (unpaired) electrons. The number of hydrogen-bond acceptors (Lipinski definition) is 8. The van der Waals surface area contributed by atoms with Crippen molar-refractivity contribution in [3.63, 3.8) is 0 Å². The average molecular weight is 637 g/mol. The van der Waals surface area contributed by atoms with Gasteiger partial charge >= 0.3 is 6.09 Å². The van der Waals surface area contributed by atoms with E-state index >= 15 is 0 Å². The highest BCUT2D eigenvalue weighted by Crippen LogP contribution is 2.39. The number of aromatic nitrogens is 1. The number of amides is 1. The van der Waals surface area contributed by atoms with Crippen molar-refractivity contribution in [3.8, 4) is 22.6 Å². The molecule has 10 heteroatoms. The lowest BCUT2D eigenvalue weighted by atomic mass is 9.89. The smallest absolute Gasteiger partial charge is 0.410 e. The van der Waals surface area contributed by atoms with Crippen LogP contribution in [0.2, 0.25) is 0 Å². The second kappa shape index (κ2) is 14.8. The Morgan fingerprint density at radius 3 is 2.30 bits per heavy atom. The zero-order chi connectivity index (χ0) is 33.6. The number of nitrogens with zero attached hydrogens (tertiary/aromatic N) is 3. The summed E-state index contributed by atoms with van der Waals surface area (Å²) in [6.45, 7) is 13.5. The summed E-state index contributed by atoms with van der Waals surface area (Å²) in [5.74, 6) is 1.45. The van der Waals surface area contributed by atoms with Gasteiger partial charge in [-0.2, -0.15) is 0 Å². The molecule has 2 fully saturated rings. The first kappa shape index (κ1) is 35.1. The first-order valence-corrected chi connectivity index (χ1v) is 16.2. The molecule has 0 bridgehead atoms. The minimum absolute atomic E-state index is 0.0660. The van der Waals surface area contributed by atoms with Crippen LogP contribution < -0.4 is 20.3 Å². The summed E-state index contributed by atoms with van der Waals surface area (Å²) in [5.41, 5.74) is 4.18. The summed E-state index contributed by atoms with van der Waals surface area (Å²) in [5, 5.41) is 3.13. The molecule has 2 aliphatic heterocycles. The number of benzene rings is 1. The molecule has 0 aliphatic carbocycles. The fourth-order valence-corrected chi connectivity index (χ4v) is 6.11. The number of pyridine rings is 1. The van der Waals surface area contributed by atoms with Gasteiger partial charge < -0.3 is 33.7 Å². The summed E-state index contributed by atoms with van der Waals surface area (Å²) < 4.78 is 25.5. The number of carbonyl (C=O) groups excluding carboxylic acids is 1. The molecule has 0 unspecified atom stereocenters. The number of methoxy groups -OCH3 is 2. The number of carbonyl (C=O) groups is 1. The Morgan fingerprint density at radius 1 is 1.09 bits per heavy atom. The third-order valence-electron chi connectivity index (χ3n) is 8.70. The summed E-state index contributed by atoms with van der Waals surface area (Å²) in [4.78, 5) is 30.3. The van der Waals surface area contributed by atoms with Crippen LogP contribution in [0.1, 0.15) is 70.6 Å². The van der Waals surface area contributed by atoms with Gasteiger partial charge in [-0.1, -0.05) is 19.1 Å². The third-order valence-corrected chi connectivity index (χ3v) is 8.70. The summed E-state index contributed by atoms with van der Waals surface area (Å²) in [6, 6.07) is 4.07. The van der Waals surface area contributed by atoms with Gasteiger partial charge in [0.2, 0.25) is 0 Å². The standard InChI is InChI=1S/C36H52N4O6/c1-10-11-12-27-28(19-25(2)37-6)33(41)38(7)22-29(27)26-20-31(43-8)30(32(21-26)44-9)23-39-15-13-36(14-16-39)24-40(17-18-45-36)34(42)46-35(3,4)5/h11-12,19-22,37H,10,13-18,23-24H2,1-9H3/b12-11+,25-19+. The lowest BCUT2D eigenvalue weighted by Gasteiger charge is -2.47. The highest BCUT2D eigenvalue weighted by Gasteiger charge is 2.42. The van der Waals surface area contributed by atoms with E-state index in [0.29, 0.717) is 31.8 Å². The molecule has 4 rings (SSSR count). The number of morpholine rings is 1. The van der Waals surface area contributed by atoms with Gasteiger partial charge in [-0.25, -0.2) is 4.79 Å².